The molecule has 4 heteroatoms. The summed E-state index contributed by atoms with van der Waals surface area (Å²) >= 11 is 0. The summed E-state index contributed by atoms with van der Waals surface area (Å²) < 4.78 is 11.8. The van der Waals surface area contributed by atoms with Gasteiger partial charge in [-0.05, 0) is 51.7 Å². The largest absolute Gasteiger partial charge is 0.486 e. The topological polar surface area (TPSA) is 48.2 Å². The maximum atomic E-state index is 6.16. The van der Waals surface area contributed by atoms with Gasteiger partial charge in [-0.15, -0.1) is 0 Å². The van der Waals surface area contributed by atoms with Gasteiger partial charge in [0.2, 0.25) is 5.58 Å². The van der Waals surface area contributed by atoms with Crippen molar-refractivity contribution in [3.8, 4) is 17.0 Å². The number of rotatable bonds is 5. The Balaban J connectivity index is 2.19. The molecule has 0 bridgehead atoms. The van der Waals surface area contributed by atoms with Crippen molar-refractivity contribution in [1.29, 1.82) is 0 Å². The number of nitrogens with zero attached hydrogens (tertiary/aromatic N) is 2. The SMILES string of the molecule is CCC(CC)Oc1cc(C)nc2c(-c3c(C)cc(C)cc3C)noc12. The minimum atomic E-state index is 0.168. The quantitative estimate of drug-likeness (QED) is 0.599. The summed E-state index contributed by atoms with van der Waals surface area (Å²) in [5, 5.41) is 4.36. The van der Waals surface area contributed by atoms with Crippen molar-refractivity contribution < 1.29 is 9.26 Å². The molecule has 0 saturated carbocycles. The van der Waals surface area contributed by atoms with Gasteiger partial charge in [-0.2, -0.15) is 0 Å². The molecular formula is C21H26N2O2. The Kier molecular flexibility index (Phi) is 4.80. The van der Waals surface area contributed by atoms with Gasteiger partial charge in [0, 0.05) is 17.3 Å². The van der Waals surface area contributed by atoms with E-state index in [1.165, 1.54) is 16.7 Å². The smallest absolute Gasteiger partial charge is 0.227 e. The molecule has 0 aliphatic heterocycles. The number of hydrogen-bond acceptors (Lipinski definition) is 4. The first kappa shape index (κ1) is 17.5. The third-order valence-corrected chi connectivity index (χ3v) is 4.64. The summed E-state index contributed by atoms with van der Waals surface area (Å²) in [5.74, 6) is 0.734. The summed E-state index contributed by atoms with van der Waals surface area (Å²) in [5.41, 5.74) is 7.80. The fourth-order valence-corrected chi connectivity index (χ4v) is 3.45. The summed E-state index contributed by atoms with van der Waals surface area (Å²) in [6.45, 7) is 12.6. The van der Waals surface area contributed by atoms with Crippen LogP contribution in [0.3, 0.4) is 0 Å². The highest BCUT2D eigenvalue weighted by Crippen LogP contribution is 2.36. The van der Waals surface area contributed by atoms with E-state index in [1.54, 1.807) is 0 Å². The molecule has 0 atom stereocenters. The normalized spacial score (nSPS) is 11.5. The second kappa shape index (κ2) is 6.87. The molecule has 0 fully saturated rings. The molecule has 132 valence electrons. The van der Waals surface area contributed by atoms with Crippen LogP contribution in [0.5, 0.6) is 5.75 Å². The average molecular weight is 338 g/mol. The molecule has 0 aliphatic rings. The molecule has 0 spiro atoms. The van der Waals surface area contributed by atoms with Crippen LogP contribution in [-0.4, -0.2) is 16.2 Å². The van der Waals surface area contributed by atoms with Crippen LogP contribution < -0.4 is 4.74 Å². The molecule has 0 unspecified atom stereocenters. The summed E-state index contributed by atoms with van der Waals surface area (Å²) in [6.07, 6.45) is 2.08. The van der Waals surface area contributed by atoms with E-state index < -0.39 is 0 Å². The Morgan fingerprint density at radius 2 is 1.64 bits per heavy atom. The molecule has 4 nitrogen and oxygen atoms in total. The van der Waals surface area contributed by atoms with Crippen LogP contribution >= 0.6 is 0 Å². The van der Waals surface area contributed by atoms with Crippen molar-refractivity contribution in [1.82, 2.24) is 10.1 Å². The Labute approximate surface area is 149 Å². The number of fused-ring (bicyclic) bond motifs is 1. The van der Waals surface area contributed by atoms with Gasteiger partial charge >= 0.3 is 0 Å². The van der Waals surface area contributed by atoms with E-state index in [9.17, 15) is 0 Å². The first-order valence-electron chi connectivity index (χ1n) is 8.96. The highest BCUT2D eigenvalue weighted by Gasteiger charge is 2.21. The van der Waals surface area contributed by atoms with Crippen LogP contribution in [0, 0.1) is 27.7 Å². The Morgan fingerprint density at radius 1 is 1.00 bits per heavy atom. The predicted molar refractivity (Wildman–Crippen MR) is 101 cm³/mol. The molecular weight excluding hydrogens is 312 g/mol. The molecule has 2 heterocycles. The average Bonchev–Trinajstić information content (AvgIpc) is 2.95. The second-order valence-electron chi connectivity index (χ2n) is 6.80. The Morgan fingerprint density at radius 3 is 2.24 bits per heavy atom. The lowest BCUT2D eigenvalue weighted by molar-refractivity contribution is 0.192. The van der Waals surface area contributed by atoms with Crippen LogP contribution in [0.25, 0.3) is 22.4 Å². The standard InChI is InChI=1S/C21H26N2O2/c1-7-16(8-2)24-17-11-15(6)22-20-19(23-25-21(17)20)18-13(4)9-12(3)10-14(18)5/h9-11,16H,7-8H2,1-6H3. The van der Waals surface area contributed by atoms with E-state index in [-0.39, 0.29) is 6.10 Å². The van der Waals surface area contributed by atoms with Gasteiger partial charge in [-0.1, -0.05) is 36.7 Å². The van der Waals surface area contributed by atoms with Gasteiger partial charge in [0.15, 0.2) is 5.75 Å². The molecule has 3 aromatic rings. The van der Waals surface area contributed by atoms with Crippen LogP contribution in [0.4, 0.5) is 0 Å². The van der Waals surface area contributed by atoms with Crippen LogP contribution in [0.15, 0.2) is 22.7 Å². The minimum Gasteiger partial charge on any atom is -0.486 e. The molecule has 25 heavy (non-hydrogen) atoms. The zero-order chi connectivity index (χ0) is 18.1. The zero-order valence-corrected chi connectivity index (χ0v) is 15.9. The first-order valence-corrected chi connectivity index (χ1v) is 8.96. The van der Waals surface area contributed by atoms with Crippen molar-refractivity contribution >= 4 is 11.1 Å². The van der Waals surface area contributed by atoms with Gasteiger partial charge in [-0.3, -0.25) is 0 Å². The maximum Gasteiger partial charge on any atom is 0.227 e. The lowest BCUT2D eigenvalue weighted by Crippen LogP contribution is -2.14. The van der Waals surface area contributed by atoms with Gasteiger partial charge in [-0.25, -0.2) is 4.98 Å². The van der Waals surface area contributed by atoms with E-state index >= 15 is 0 Å². The zero-order valence-electron chi connectivity index (χ0n) is 15.9. The molecule has 2 aromatic heterocycles. The molecule has 0 N–H and O–H groups in total. The third-order valence-electron chi connectivity index (χ3n) is 4.64. The maximum absolute atomic E-state index is 6.16. The first-order chi connectivity index (χ1) is 11.9. The van der Waals surface area contributed by atoms with Crippen molar-refractivity contribution in [2.75, 3.05) is 0 Å². The monoisotopic (exact) mass is 338 g/mol. The van der Waals surface area contributed by atoms with E-state index in [4.69, 9.17) is 14.2 Å². The highest BCUT2D eigenvalue weighted by molar-refractivity contribution is 5.93. The predicted octanol–water partition coefficient (Wildman–Crippen LogP) is 5.69. The van der Waals surface area contributed by atoms with Gasteiger partial charge < -0.3 is 9.26 Å². The number of pyridine rings is 1. The highest BCUT2D eigenvalue weighted by atomic mass is 16.5. The lowest BCUT2D eigenvalue weighted by Gasteiger charge is -2.15. The Hall–Kier alpha value is -2.36. The number of hydrogen-bond donors (Lipinski definition) is 0. The molecule has 3 rings (SSSR count). The molecule has 0 amide bonds. The van der Waals surface area contributed by atoms with Crippen molar-refractivity contribution in [2.24, 2.45) is 0 Å². The summed E-state index contributed by atoms with van der Waals surface area (Å²) in [6, 6.07) is 6.27. The van der Waals surface area contributed by atoms with Crippen molar-refractivity contribution in [2.45, 2.75) is 60.5 Å². The van der Waals surface area contributed by atoms with Gasteiger partial charge in [0.05, 0.1) is 6.10 Å². The number of ether oxygens (including phenoxy) is 1. The molecule has 1 aromatic carbocycles. The fraction of sp³-hybridized carbons (Fsp3) is 0.429. The number of aromatic nitrogens is 2. The molecule has 0 saturated heterocycles. The van der Waals surface area contributed by atoms with E-state index in [0.29, 0.717) is 5.58 Å². The summed E-state index contributed by atoms with van der Waals surface area (Å²) in [4.78, 5) is 4.70. The van der Waals surface area contributed by atoms with E-state index in [1.807, 2.05) is 13.0 Å². The van der Waals surface area contributed by atoms with Crippen LogP contribution in [0.2, 0.25) is 0 Å². The molecule has 0 aliphatic carbocycles. The number of benzene rings is 1. The fourth-order valence-electron chi connectivity index (χ4n) is 3.45. The second-order valence-corrected chi connectivity index (χ2v) is 6.80. The lowest BCUT2D eigenvalue weighted by atomic mass is 9.97. The van der Waals surface area contributed by atoms with Crippen molar-refractivity contribution in [3.63, 3.8) is 0 Å². The van der Waals surface area contributed by atoms with Gasteiger partial charge in [0.25, 0.3) is 0 Å². The van der Waals surface area contributed by atoms with Crippen LogP contribution in [-0.2, 0) is 0 Å². The summed E-state index contributed by atoms with van der Waals surface area (Å²) in [7, 11) is 0. The van der Waals surface area contributed by atoms with Crippen LogP contribution in [0.1, 0.15) is 49.1 Å². The van der Waals surface area contributed by atoms with Crippen molar-refractivity contribution in [3.05, 3.63) is 40.6 Å². The molecule has 0 radical (unpaired) electrons. The number of aryl methyl sites for hydroxylation is 4. The van der Waals surface area contributed by atoms with Gasteiger partial charge in [0.1, 0.15) is 11.2 Å². The Bertz CT molecular complexity index is 885. The minimum absolute atomic E-state index is 0.168. The third kappa shape index (κ3) is 3.26. The van der Waals surface area contributed by atoms with E-state index in [0.717, 1.165) is 41.1 Å². The van der Waals surface area contributed by atoms with E-state index in [2.05, 4.69) is 51.9 Å².